The normalized spacial score (nSPS) is 9.95. The van der Waals surface area contributed by atoms with Gasteiger partial charge in [0.25, 0.3) is 5.91 Å². The maximum absolute atomic E-state index is 13.8. The summed E-state index contributed by atoms with van der Waals surface area (Å²) >= 11 is 0. The maximum Gasteiger partial charge on any atom is 0.252 e. The zero-order valence-electron chi connectivity index (χ0n) is 11.4. The minimum absolute atomic E-state index is 0.0543. The first-order chi connectivity index (χ1) is 10.0. The van der Waals surface area contributed by atoms with E-state index in [0.717, 1.165) is 11.6 Å². The highest BCUT2D eigenvalue weighted by molar-refractivity contribution is 5.95. The summed E-state index contributed by atoms with van der Waals surface area (Å²) in [7, 11) is 0. The van der Waals surface area contributed by atoms with Gasteiger partial charge in [0.05, 0.1) is 17.2 Å². The molecule has 1 amide bonds. The van der Waals surface area contributed by atoms with E-state index < -0.39 is 11.7 Å². The Labute approximate surface area is 121 Å². The number of halogens is 1. The molecular weight excluding hydrogens is 271 g/mol. The first-order valence-corrected chi connectivity index (χ1v) is 6.23. The van der Waals surface area contributed by atoms with Crippen LogP contribution in [0.3, 0.4) is 0 Å². The molecule has 0 unspecified atom stereocenters. The lowest BCUT2D eigenvalue weighted by Crippen LogP contribution is -2.13. The summed E-state index contributed by atoms with van der Waals surface area (Å²) in [5, 5.41) is 8.69. The Hall–Kier alpha value is -2.87. The molecule has 0 fully saturated rings. The molecule has 0 saturated carbocycles. The summed E-state index contributed by atoms with van der Waals surface area (Å²) in [6, 6.07) is 11.0. The monoisotopic (exact) mass is 284 g/mol. The van der Waals surface area contributed by atoms with E-state index in [2.05, 4.69) is 0 Å². The van der Waals surface area contributed by atoms with Crippen LogP contribution >= 0.6 is 0 Å². The Kier molecular flexibility index (Phi) is 4.19. The quantitative estimate of drug-likeness (QED) is 0.937. The fourth-order valence-electron chi connectivity index (χ4n) is 1.84. The lowest BCUT2D eigenvalue weighted by Gasteiger charge is -2.11. The number of benzene rings is 2. The molecule has 0 bridgehead atoms. The van der Waals surface area contributed by atoms with Crippen LogP contribution in [0.15, 0.2) is 36.4 Å². The van der Waals surface area contributed by atoms with Gasteiger partial charge in [0.15, 0.2) is 0 Å². The molecule has 0 aliphatic heterocycles. The predicted octanol–water partition coefficient (Wildman–Crippen LogP) is 2.68. The average molecular weight is 284 g/mol. The van der Waals surface area contributed by atoms with Crippen LogP contribution in [0.1, 0.15) is 27.0 Å². The van der Waals surface area contributed by atoms with E-state index in [4.69, 9.17) is 15.7 Å². The molecule has 2 rings (SSSR count). The SMILES string of the molecule is Cc1ccc(C(N)=O)c(OCc2ccc(C#N)cc2F)c1. The number of primary amides is 1. The minimum Gasteiger partial charge on any atom is -0.488 e. The average Bonchev–Trinajstić information content (AvgIpc) is 2.45. The molecule has 2 aromatic carbocycles. The number of ether oxygens (including phenoxy) is 1. The molecule has 2 aromatic rings. The number of carbonyl (C=O) groups excluding carboxylic acids is 1. The Morgan fingerprint density at radius 1 is 1.33 bits per heavy atom. The number of nitrogens with zero attached hydrogens (tertiary/aromatic N) is 1. The van der Waals surface area contributed by atoms with Crippen LogP contribution in [-0.2, 0) is 6.61 Å². The molecular formula is C16H13FN2O2. The van der Waals surface area contributed by atoms with E-state index in [0.29, 0.717) is 11.3 Å². The van der Waals surface area contributed by atoms with Crippen molar-refractivity contribution < 1.29 is 13.9 Å². The van der Waals surface area contributed by atoms with Gasteiger partial charge in [-0.15, -0.1) is 0 Å². The molecule has 0 atom stereocenters. The van der Waals surface area contributed by atoms with Gasteiger partial charge in [0, 0.05) is 5.56 Å². The number of aryl methyl sites for hydroxylation is 1. The minimum atomic E-state index is -0.606. The molecule has 0 heterocycles. The third-order valence-electron chi connectivity index (χ3n) is 2.97. The van der Waals surface area contributed by atoms with Crippen molar-refractivity contribution >= 4 is 5.91 Å². The fraction of sp³-hybridized carbons (Fsp3) is 0.125. The lowest BCUT2D eigenvalue weighted by molar-refractivity contribution is 0.0996. The van der Waals surface area contributed by atoms with E-state index >= 15 is 0 Å². The summed E-state index contributed by atoms with van der Waals surface area (Å²) < 4.78 is 19.3. The van der Waals surface area contributed by atoms with Gasteiger partial charge in [-0.05, 0) is 36.8 Å². The van der Waals surface area contributed by atoms with Gasteiger partial charge < -0.3 is 10.5 Å². The summed E-state index contributed by atoms with van der Waals surface area (Å²) in [6.07, 6.45) is 0. The van der Waals surface area contributed by atoms with E-state index in [1.165, 1.54) is 12.1 Å². The predicted molar refractivity (Wildman–Crippen MR) is 75.1 cm³/mol. The van der Waals surface area contributed by atoms with Gasteiger partial charge in [0.1, 0.15) is 18.2 Å². The lowest BCUT2D eigenvalue weighted by atomic mass is 10.1. The number of hydrogen-bond acceptors (Lipinski definition) is 3. The van der Waals surface area contributed by atoms with Gasteiger partial charge in [-0.2, -0.15) is 5.26 Å². The van der Waals surface area contributed by atoms with Crippen molar-refractivity contribution in [3.63, 3.8) is 0 Å². The highest BCUT2D eigenvalue weighted by Crippen LogP contribution is 2.22. The Balaban J connectivity index is 2.22. The second-order valence-corrected chi connectivity index (χ2v) is 4.57. The molecule has 4 nitrogen and oxygen atoms in total. The van der Waals surface area contributed by atoms with Crippen LogP contribution in [0.2, 0.25) is 0 Å². The highest BCUT2D eigenvalue weighted by atomic mass is 19.1. The van der Waals surface area contributed by atoms with Crippen LogP contribution in [0.5, 0.6) is 5.75 Å². The second kappa shape index (κ2) is 6.06. The molecule has 21 heavy (non-hydrogen) atoms. The van der Waals surface area contributed by atoms with E-state index in [1.807, 2.05) is 13.0 Å². The van der Waals surface area contributed by atoms with Crippen LogP contribution in [0, 0.1) is 24.1 Å². The zero-order valence-corrected chi connectivity index (χ0v) is 11.4. The van der Waals surface area contributed by atoms with Crippen molar-refractivity contribution in [2.75, 3.05) is 0 Å². The highest BCUT2D eigenvalue weighted by Gasteiger charge is 2.11. The number of hydrogen-bond donors (Lipinski definition) is 1. The second-order valence-electron chi connectivity index (χ2n) is 4.57. The van der Waals surface area contributed by atoms with E-state index in [-0.39, 0.29) is 17.7 Å². The van der Waals surface area contributed by atoms with Gasteiger partial charge >= 0.3 is 0 Å². The van der Waals surface area contributed by atoms with Crippen LogP contribution in [0.25, 0.3) is 0 Å². The fourth-order valence-corrected chi connectivity index (χ4v) is 1.84. The first kappa shape index (κ1) is 14.5. The number of nitriles is 1. The first-order valence-electron chi connectivity index (χ1n) is 6.23. The zero-order chi connectivity index (χ0) is 15.4. The number of amides is 1. The summed E-state index contributed by atoms with van der Waals surface area (Å²) in [4.78, 5) is 11.3. The smallest absolute Gasteiger partial charge is 0.252 e. The molecule has 2 N–H and O–H groups in total. The summed E-state index contributed by atoms with van der Waals surface area (Å²) in [5.74, 6) is -0.820. The van der Waals surface area contributed by atoms with Crippen molar-refractivity contribution in [3.05, 3.63) is 64.5 Å². The standard InChI is InChI=1S/C16H13FN2O2/c1-10-2-5-13(16(19)20)15(6-10)21-9-12-4-3-11(8-18)7-14(12)17/h2-7H,9H2,1H3,(H2,19,20). The molecule has 5 heteroatoms. The maximum atomic E-state index is 13.8. The summed E-state index contributed by atoms with van der Waals surface area (Å²) in [6.45, 7) is 1.79. The van der Waals surface area contributed by atoms with Crippen molar-refractivity contribution in [2.24, 2.45) is 5.73 Å². The van der Waals surface area contributed by atoms with Crippen LogP contribution in [-0.4, -0.2) is 5.91 Å². The molecule has 0 saturated heterocycles. The van der Waals surface area contributed by atoms with E-state index in [1.54, 1.807) is 18.2 Å². The van der Waals surface area contributed by atoms with Crippen molar-refractivity contribution in [1.29, 1.82) is 5.26 Å². The Morgan fingerprint density at radius 3 is 2.71 bits per heavy atom. The Morgan fingerprint density at radius 2 is 2.10 bits per heavy atom. The van der Waals surface area contributed by atoms with E-state index in [9.17, 15) is 9.18 Å². The molecule has 0 aliphatic rings. The number of nitrogens with two attached hydrogens (primary N) is 1. The topological polar surface area (TPSA) is 76.1 Å². The molecule has 106 valence electrons. The summed E-state index contributed by atoms with van der Waals surface area (Å²) in [5.41, 5.74) is 6.95. The van der Waals surface area contributed by atoms with Crippen LogP contribution < -0.4 is 10.5 Å². The van der Waals surface area contributed by atoms with Crippen molar-refractivity contribution in [3.8, 4) is 11.8 Å². The van der Waals surface area contributed by atoms with Crippen molar-refractivity contribution in [1.82, 2.24) is 0 Å². The Bertz CT molecular complexity index is 736. The number of carbonyl (C=O) groups is 1. The molecule has 0 aromatic heterocycles. The van der Waals surface area contributed by atoms with Crippen molar-refractivity contribution in [2.45, 2.75) is 13.5 Å². The van der Waals surface area contributed by atoms with Gasteiger partial charge in [-0.25, -0.2) is 4.39 Å². The van der Waals surface area contributed by atoms with Gasteiger partial charge in [-0.1, -0.05) is 12.1 Å². The third kappa shape index (κ3) is 3.37. The molecule has 0 aliphatic carbocycles. The molecule has 0 radical (unpaired) electrons. The molecule has 0 spiro atoms. The van der Waals surface area contributed by atoms with Crippen LogP contribution in [0.4, 0.5) is 4.39 Å². The third-order valence-corrected chi connectivity index (χ3v) is 2.97. The van der Waals surface area contributed by atoms with Gasteiger partial charge in [0.2, 0.25) is 0 Å². The largest absolute Gasteiger partial charge is 0.488 e. The van der Waals surface area contributed by atoms with Gasteiger partial charge in [-0.3, -0.25) is 4.79 Å². The number of rotatable bonds is 4.